The molecule has 1 N–H and O–H groups in total. The fourth-order valence-corrected chi connectivity index (χ4v) is 5.26. The Hall–Kier alpha value is -3.91. The molecule has 36 heavy (non-hydrogen) atoms. The van der Waals surface area contributed by atoms with E-state index in [1.807, 2.05) is 28.8 Å². The Bertz CT molecular complexity index is 1440. The predicted molar refractivity (Wildman–Crippen MR) is 139 cm³/mol. The summed E-state index contributed by atoms with van der Waals surface area (Å²) in [6.45, 7) is 1.09. The van der Waals surface area contributed by atoms with Gasteiger partial charge in [-0.3, -0.25) is 4.79 Å². The van der Waals surface area contributed by atoms with Crippen molar-refractivity contribution < 1.29 is 9.53 Å². The third-order valence-corrected chi connectivity index (χ3v) is 7.02. The van der Waals surface area contributed by atoms with Crippen molar-refractivity contribution in [2.45, 2.75) is 25.2 Å². The molecule has 2 aromatic carbocycles. The van der Waals surface area contributed by atoms with Gasteiger partial charge in [-0.25, -0.2) is 9.97 Å². The molecule has 6 rings (SSSR count). The van der Waals surface area contributed by atoms with Gasteiger partial charge in [0, 0.05) is 42.4 Å². The van der Waals surface area contributed by atoms with E-state index in [0.717, 1.165) is 41.3 Å². The number of imidazole rings is 1. The molecule has 2 aliphatic rings. The first-order valence-corrected chi connectivity index (χ1v) is 12.3. The summed E-state index contributed by atoms with van der Waals surface area (Å²) < 4.78 is 7.44. The monoisotopic (exact) mass is 500 g/mol. The molecule has 1 saturated heterocycles. The zero-order valence-corrected chi connectivity index (χ0v) is 20.6. The van der Waals surface area contributed by atoms with E-state index < -0.39 is 0 Å². The van der Waals surface area contributed by atoms with Crippen LogP contribution in [-0.2, 0) is 11.2 Å². The van der Waals surface area contributed by atoms with Crippen LogP contribution in [0.1, 0.15) is 35.6 Å². The molecule has 0 radical (unpaired) electrons. The smallest absolute Gasteiger partial charge is 0.229 e. The van der Waals surface area contributed by atoms with Crippen LogP contribution in [0.15, 0.2) is 61.1 Å². The normalized spacial score (nSPS) is 16.9. The molecule has 1 aliphatic heterocycles. The first kappa shape index (κ1) is 22.5. The number of hydrogen-bond donors (Lipinski definition) is 1. The van der Waals surface area contributed by atoms with Gasteiger partial charge >= 0.3 is 0 Å². The molecule has 182 valence electrons. The lowest BCUT2D eigenvalue weighted by Crippen LogP contribution is -2.23. The average Bonchev–Trinajstić information content (AvgIpc) is 3.64. The SMILES string of the molecule is COc1cc(Nc2nc3c(c(N4CCC(=O)C4)n2)CCC3c2ccccc2)ccc1-n1cnc(Cl)c1. The quantitative estimate of drug-likeness (QED) is 0.402. The number of nitrogens with zero attached hydrogens (tertiary/aromatic N) is 5. The Morgan fingerprint density at radius 1 is 1.11 bits per heavy atom. The lowest BCUT2D eigenvalue weighted by Gasteiger charge is -2.21. The number of benzene rings is 2. The number of ketones is 1. The number of nitrogens with one attached hydrogen (secondary N) is 1. The number of carbonyl (C=O) groups is 1. The number of rotatable bonds is 6. The molecule has 0 amide bonds. The highest BCUT2D eigenvalue weighted by Gasteiger charge is 2.33. The summed E-state index contributed by atoms with van der Waals surface area (Å²) in [5, 5.41) is 3.78. The first-order chi connectivity index (χ1) is 17.6. The van der Waals surface area contributed by atoms with Gasteiger partial charge in [0.1, 0.15) is 23.0 Å². The van der Waals surface area contributed by atoms with Crippen LogP contribution in [0.3, 0.4) is 0 Å². The number of carbonyl (C=O) groups excluding carboxylic acids is 1. The summed E-state index contributed by atoms with van der Waals surface area (Å²) in [6.07, 6.45) is 5.79. The van der Waals surface area contributed by atoms with E-state index in [0.29, 0.717) is 36.4 Å². The molecule has 1 fully saturated rings. The number of ether oxygens (including phenoxy) is 1. The number of fused-ring (bicyclic) bond motifs is 1. The largest absolute Gasteiger partial charge is 0.494 e. The molecule has 1 atom stereocenters. The number of methoxy groups -OCH3 is 1. The van der Waals surface area contributed by atoms with E-state index >= 15 is 0 Å². The van der Waals surface area contributed by atoms with Crippen molar-refractivity contribution in [2.24, 2.45) is 0 Å². The van der Waals surface area contributed by atoms with E-state index in [1.54, 1.807) is 19.6 Å². The molecular formula is C27H25ClN6O2. The summed E-state index contributed by atoms with van der Waals surface area (Å²) >= 11 is 6.00. The zero-order chi connectivity index (χ0) is 24.6. The van der Waals surface area contributed by atoms with E-state index in [9.17, 15) is 4.79 Å². The maximum absolute atomic E-state index is 12.1. The third-order valence-electron chi connectivity index (χ3n) is 6.82. The molecule has 0 bridgehead atoms. The maximum atomic E-state index is 12.1. The van der Waals surface area contributed by atoms with Crippen molar-refractivity contribution >= 4 is 34.8 Å². The minimum atomic E-state index is 0.199. The molecule has 0 spiro atoms. The van der Waals surface area contributed by atoms with Crippen molar-refractivity contribution in [3.63, 3.8) is 0 Å². The van der Waals surface area contributed by atoms with Crippen molar-refractivity contribution in [2.75, 3.05) is 30.4 Å². The van der Waals surface area contributed by atoms with Gasteiger partial charge in [-0.05, 0) is 30.5 Å². The van der Waals surface area contributed by atoms with Gasteiger partial charge in [0.2, 0.25) is 5.95 Å². The molecular weight excluding hydrogens is 476 g/mol. The highest BCUT2D eigenvalue weighted by Crippen LogP contribution is 2.42. The second-order valence-electron chi connectivity index (χ2n) is 9.06. The van der Waals surface area contributed by atoms with Crippen LogP contribution in [-0.4, -0.2) is 45.5 Å². The van der Waals surface area contributed by atoms with Crippen LogP contribution < -0.4 is 15.0 Å². The van der Waals surface area contributed by atoms with E-state index in [1.165, 1.54) is 5.56 Å². The van der Waals surface area contributed by atoms with Gasteiger partial charge in [0.05, 0.1) is 25.0 Å². The van der Waals surface area contributed by atoms with Crippen molar-refractivity contribution in [3.8, 4) is 11.4 Å². The predicted octanol–water partition coefficient (Wildman–Crippen LogP) is 4.93. The van der Waals surface area contributed by atoms with Crippen LogP contribution in [0, 0.1) is 0 Å². The molecule has 2 aromatic heterocycles. The number of aromatic nitrogens is 4. The minimum Gasteiger partial charge on any atom is -0.494 e. The maximum Gasteiger partial charge on any atom is 0.229 e. The average molecular weight is 501 g/mol. The molecule has 9 heteroatoms. The summed E-state index contributed by atoms with van der Waals surface area (Å²) in [7, 11) is 1.62. The molecule has 1 aliphatic carbocycles. The lowest BCUT2D eigenvalue weighted by molar-refractivity contribution is -0.116. The van der Waals surface area contributed by atoms with Gasteiger partial charge in [0.25, 0.3) is 0 Å². The molecule has 8 nitrogen and oxygen atoms in total. The highest BCUT2D eigenvalue weighted by atomic mass is 35.5. The van der Waals surface area contributed by atoms with Crippen molar-refractivity contribution in [1.29, 1.82) is 0 Å². The van der Waals surface area contributed by atoms with E-state index in [2.05, 4.69) is 39.5 Å². The topological polar surface area (TPSA) is 85.2 Å². The van der Waals surface area contributed by atoms with Gasteiger partial charge in [-0.15, -0.1) is 0 Å². The molecule has 1 unspecified atom stereocenters. The first-order valence-electron chi connectivity index (χ1n) is 12.0. The van der Waals surface area contributed by atoms with Gasteiger partial charge < -0.3 is 19.5 Å². The van der Waals surface area contributed by atoms with E-state index in [4.69, 9.17) is 26.3 Å². The van der Waals surface area contributed by atoms with Crippen molar-refractivity contribution in [3.05, 3.63) is 83.0 Å². The molecule has 0 saturated carbocycles. The van der Waals surface area contributed by atoms with Gasteiger partial charge in [0.15, 0.2) is 5.78 Å². The Balaban J connectivity index is 1.38. The fourth-order valence-electron chi connectivity index (χ4n) is 5.11. The van der Waals surface area contributed by atoms with Crippen LogP contribution >= 0.6 is 11.6 Å². The fraction of sp³-hybridized carbons (Fsp3) is 0.259. The molecule has 4 aromatic rings. The summed E-state index contributed by atoms with van der Waals surface area (Å²) in [5.41, 5.74) is 5.03. The van der Waals surface area contributed by atoms with Crippen LogP contribution in [0.2, 0.25) is 5.15 Å². The summed E-state index contributed by atoms with van der Waals surface area (Å²) in [5.74, 6) is 2.47. The highest BCUT2D eigenvalue weighted by molar-refractivity contribution is 6.29. The number of Topliss-reactive ketones (excluding diaryl/α,β-unsaturated/α-hetero) is 1. The van der Waals surface area contributed by atoms with Gasteiger partial charge in [-0.2, -0.15) is 4.98 Å². The second kappa shape index (κ2) is 9.28. The Morgan fingerprint density at radius 2 is 1.97 bits per heavy atom. The second-order valence-corrected chi connectivity index (χ2v) is 9.45. The third kappa shape index (κ3) is 4.18. The van der Waals surface area contributed by atoms with Crippen LogP contribution in [0.25, 0.3) is 5.69 Å². The number of halogens is 1. The Labute approximate surface area is 213 Å². The summed E-state index contributed by atoms with van der Waals surface area (Å²) in [6, 6.07) is 16.2. The Kier molecular flexibility index (Phi) is 5.81. The van der Waals surface area contributed by atoms with Crippen LogP contribution in [0.4, 0.5) is 17.5 Å². The summed E-state index contributed by atoms with van der Waals surface area (Å²) in [4.78, 5) is 28.1. The van der Waals surface area contributed by atoms with Crippen LogP contribution in [0.5, 0.6) is 5.75 Å². The number of anilines is 3. The minimum absolute atomic E-state index is 0.199. The van der Waals surface area contributed by atoms with Gasteiger partial charge in [-0.1, -0.05) is 41.9 Å². The standard InChI is InChI=1S/C27H25ClN6O2/c1-36-23-13-18(7-10-22(23)34-15-24(28)29-16-34)30-27-31-25-20(17-5-3-2-4-6-17)8-9-21(25)26(32-27)33-12-11-19(35)14-33/h2-7,10,13,15-16,20H,8-9,11-12,14H2,1H3,(H,30,31,32). The van der Waals surface area contributed by atoms with E-state index in [-0.39, 0.29) is 11.7 Å². The van der Waals surface area contributed by atoms with Crippen molar-refractivity contribution in [1.82, 2.24) is 19.5 Å². The number of hydrogen-bond acceptors (Lipinski definition) is 7. The molecule has 3 heterocycles. The zero-order valence-electron chi connectivity index (χ0n) is 19.8. The lowest BCUT2D eigenvalue weighted by atomic mass is 9.97. The Morgan fingerprint density at radius 3 is 2.69 bits per heavy atom.